The maximum Gasteiger partial charge on any atom is 0.270 e. The van der Waals surface area contributed by atoms with Gasteiger partial charge in [0.15, 0.2) is 0 Å². The molecular weight excluding hydrogens is 334 g/mol. The zero-order valence-corrected chi connectivity index (χ0v) is 14.1. The zero-order chi connectivity index (χ0) is 15.5. The SMILES string of the molecule is CCC1OCCC1CNC(=O)Cc1ccc(S(=O)(=O)Cl)s1. The second-order valence-electron chi connectivity index (χ2n) is 5.01. The van der Waals surface area contributed by atoms with E-state index in [9.17, 15) is 13.2 Å². The van der Waals surface area contributed by atoms with Crippen LogP contribution in [0, 0.1) is 5.92 Å². The summed E-state index contributed by atoms with van der Waals surface area (Å²) in [7, 11) is 1.54. The van der Waals surface area contributed by atoms with Gasteiger partial charge in [0.1, 0.15) is 4.21 Å². The first-order valence-corrected chi connectivity index (χ1v) is 9.94. The van der Waals surface area contributed by atoms with Gasteiger partial charge in [-0.25, -0.2) is 8.42 Å². The quantitative estimate of drug-likeness (QED) is 0.797. The van der Waals surface area contributed by atoms with Crippen molar-refractivity contribution in [3.8, 4) is 0 Å². The molecule has 118 valence electrons. The lowest BCUT2D eigenvalue weighted by atomic mass is 10.00. The summed E-state index contributed by atoms with van der Waals surface area (Å²) in [5.41, 5.74) is 0. The molecule has 5 nitrogen and oxygen atoms in total. The summed E-state index contributed by atoms with van der Waals surface area (Å²) in [6, 6.07) is 3.04. The maximum atomic E-state index is 11.9. The van der Waals surface area contributed by atoms with E-state index >= 15 is 0 Å². The summed E-state index contributed by atoms with van der Waals surface area (Å²) in [5, 5.41) is 2.89. The minimum Gasteiger partial charge on any atom is -0.378 e. The van der Waals surface area contributed by atoms with Crippen LogP contribution >= 0.6 is 22.0 Å². The lowest BCUT2D eigenvalue weighted by molar-refractivity contribution is -0.120. The van der Waals surface area contributed by atoms with Crippen molar-refractivity contribution >= 4 is 37.0 Å². The van der Waals surface area contributed by atoms with Crippen LogP contribution in [0.5, 0.6) is 0 Å². The Morgan fingerprint density at radius 1 is 1.52 bits per heavy atom. The van der Waals surface area contributed by atoms with E-state index in [0.29, 0.717) is 17.3 Å². The fourth-order valence-corrected chi connectivity index (χ4v) is 4.55. The second kappa shape index (κ2) is 7.09. The molecule has 0 radical (unpaired) electrons. The third kappa shape index (κ3) is 4.67. The smallest absolute Gasteiger partial charge is 0.270 e. The van der Waals surface area contributed by atoms with Crippen molar-refractivity contribution in [2.24, 2.45) is 5.92 Å². The molecule has 1 aliphatic rings. The molecule has 1 saturated heterocycles. The fourth-order valence-electron chi connectivity index (χ4n) is 2.43. The average molecular weight is 352 g/mol. The van der Waals surface area contributed by atoms with Gasteiger partial charge in [-0.2, -0.15) is 0 Å². The number of nitrogens with one attached hydrogen (secondary N) is 1. The van der Waals surface area contributed by atoms with E-state index in [1.807, 2.05) is 0 Å². The maximum absolute atomic E-state index is 11.9. The molecule has 0 aromatic carbocycles. The molecule has 0 saturated carbocycles. The number of ether oxygens (including phenoxy) is 1. The Kier molecular flexibility index (Phi) is 5.65. The summed E-state index contributed by atoms with van der Waals surface area (Å²) in [4.78, 5) is 12.6. The van der Waals surface area contributed by atoms with E-state index in [-0.39, 0.29) is 22.6 Å². The van der Waals surface area contributed by atoms with Gasteiger partial charge in [-0.3, -0.25) is 4.79 Å². The van der Waals surface area contributed by atoms with Gasteiger partial charge in [-0.1, -0.05) is 6.92 Å². The van der Waals surface area contributed by atoms with Gasteiger partial charge >= 0.3 is 0 Å². The number of carbonyl (C=O) groups is 1. The summed E-state index contributed by atoms with van der Waals surface area (Å²) >= 11 is 1.03. The Morgan fingerprint density at radius 3 is 2.90 bits per heavy atom. The van der Waals surface area contributed by atoms with Crippen molar-refractivity contribution in [1.29, 1.82) is 0 Å². The zero-order valence-electron chi connectivity index (χ0n) is 11.7. The molecule has 1 fully saturated rings. The van der Waals surface area contributed by atoms with E-state index in [1.165, 1.54) is 6.07 Å². The number of amides is 1. The van der Waals surface area contributed by atoms with Gasteiger partial charge in [0, 0.05) is 34.6 Å². The summed E-state index contributed by atoms with van der Waals surface area (Å²) < 4.78 is 28.0. The van der Waals surface area contributed by atoms with Crippen LogP contribution in [0.2, 0.25) is 0 Å². The lowest BCUT2D eigenvalue weighted by Gasteiger charge is -2.17. The van der Waals surface area contributed by atoms with Crippen molar-refractivity contribution in [3.05, 3.63) is 17.0 Å². The van der Waals surface area contributed by atoms with Gasteiger partial charge in [-0.05, 0) is 25.0 Å². The van der Waals surface area contributed by atoms with Crippen molar-refractivity contribution in [2.75, 3.05) is 13.2 Å². The minimum atomic E-state index is -3.71. The van der Waals surface area contributed by atoms with Crippen LogP contribution < -0.4 is 5.32 Å². The first-order chi connectivity index (χ1) is 9.90. The summed E-state index contributed by atoms with van der Waals surface area (Å²) in [6.07, 6.45) is 2.30. The number of hydrogen-bond donors (Lipinski definition) is 1. The van der Waals surface area contributed by atoms with Crippen LogP contribution in [0.4, 0.5) is 0 Å². The van der Waals surface area contributed by atoms with Crippen LogP contribution in [-0.4, -0.2) is 33.6 Å². The third-order valence-electron chi connectivity index (χ3n) is 3.52. The Hall–Kier alpha value is -0.630. The predicted molar refractivity (Wildman–Crippen MR) is 82.2 cm³/mol. The fraction of sp³-hybridized carbons (Fsp3) is 0.615. The van der Waals surface area contributed by atoms with Crippen molar-refractivity contribution in [1.82, 2.24) is 5.32 Å². The minimum absolute atomic E-state index is 0.0715. The van der Waals surface area contributed by atoms with Crippen LogP contribution in [0.1, 0.15) is 24.6 Å². The second-order valence-corrected chi connectivity index (χ2v) is 8.97. The van der Waals surface area contributed by atoms with Crippen LogP contribution in [0.25, 0.3) is 0 Å². The Balaban J connectivity index is 1.83. The van der Waals surface area contributed by atoms with Crippen molar-refractivity contribution in [3.63, 3.8) is 0 Å². The third-order valence-corrected chi connectivity index (χ3v) is 6.70. The van der Waals surface area contributed by atoms with E-state index in [4.69, 9.17) is 15.4 Å². The molecule has 0 bridgehead atoms. The first kappa shape index (κ1) is 16.7. The van der Waals surface area contributed by atoms with Crippen LogP contribution in [-0.2, 0) is 25.0 Å². The average Bonchev–Trinajstić information content (AvgIpc) is 3.03. The lowest BCUT2D eigenvalue weighted by Crippen LogP contribution is -2.33. The highest BCUT2D eigenvalue weighted by atomic mass is 35.7. The van der Waals surface area contributed by atoms with Crippen molar-refractivity contribution < 1.29 is 17.9 Å². The Morgan fingerprint density at radius 2 is 2.29 bits per heavy atom. The van der Waals surface area contributed by atoms with E-state index in [1.54, 1.807) is 6.07 Å². The normalized spacial score (nSPS) is 22.4. The van der Waals surface area contributed by atoms with Gasteiger partial charge in [-0.15, -0.1) is 11.3 Å². The molecule has 1 aromatic rings. The highest BCUT2D eigenvalue weighted by molar-refractivity contribution is 8.15. The molecule has 8 heteroatoms. The van der Waals surface area contributed by atoms with Gasteiger partial charge in [0.25, 0.3) is 9.05 Å². The molecule has 1 aliphatic heterocycles. The molecule has 1 N–H and O–H groups in total. The summed E-state index contributed by atoms with van der Waals surface area (Å²) in [6.45, 7) is 3.43. The molecule has 1 amide bonds. The molecule has 21 heavy (non-hydrogen) atoms. The molecular formula is C13H18ClNO4S2. The standard InChI is InChI=1S/C13H18ClNO4S2/c1-2-11-9(5-6-19-11)8-15-12(16)7-10-3-4-13(20-10)21(14,17)18/h3-4,9,11H,2,5-8H2,1H3,(H,15,16). The van der Waals surface area contributed by atoms with Crippen LogP contribution in [0.3, 0.4) is 0 Å². The van der Waals surface area contributed by atoms with Crippen LogP contribution in [0.15, 0.2) is 16.3 Å². The molecule has 0 spiro atoms. The van der Waals surface area contributed by atoms with Gasteiger partial charge < -0.3 is 10.1 Å². The molecule has 0 aliphatic carbocycles. The molecule has 1 aromatic heterocycles. The van der Waals surface area contributed by atoms with Crippen molar-refractivity contribution in [2.45, 2.75) is 36.5 Å². The highest BCUT2D eigenvalue weighted by Gasteiger charge is 2.26. The highest BCUT2D eigenvalue weighted by Crippen LogP contribution is 2.25. The first-order valence-electron chi connectivity index (χ1n) is 6.82. The van der Waals surface area contributed by atoms with E-state index in [0.717, 1.165) is 30.8 Å². The number of halogens is 1. The number of thiophene rings is 1. The largest absolute Gasteiger partial charge is 0.378 e. The number of carbonyl (C=O) groups excluding carboxylic acids is 1. The van der Waals surface area contributed by atoms with Gasteiger partial charge in [0.05, 0.1) is 12.5 Å². The molecule has 2 unspecified atom stereocenters. The molecule has 2 heterocycles. The topological polar surface area (TPSA) is 72.5 Å². The van der Waals surface area contributed by atoms with E-state index in [2.05, 4.69) is 12.2 Å². The monoisotopic (exact) mass is 351 g/mol. The molecule has 2 rings (SSSR count). The Labute approximate surface area is 133 Å². The Bertz CT molecular complexity index is 599. The molecule has 2 atom stereocenters. The number of hydrogen-bond acceptors (Lipinski definition) is 5. The summed E-state index contributed by atoms with van der Waals surface area (Å²) in [5.74, 6) is 0.248. The van der Waals surface area contributed by atoms with Gasteiger partial charge in [0.2, 0.25) is 5.91 Å². The predicted octanol–water partition coefficient (Wildman–Crippen LogP) is 2.15. The van der Waals surface area contributed by atoms with E-state index < -0.39 is 9.05 Å². The number of rotatable bonds is 6.